The van der Waals surface area contributed by atoms with Gasteiger partial charge in [0.05, 0.1) is 11.7 Å². The first-order valence-electron chi connectivity index (χ1n) is 9.34. The summed E-state index contributed by atoms with van der Waals surface area (Å²) in [5.74, 6) is 0.901. The number of aromatic nitrogens is 1. The summed E-state index contributed by atoms with van der Waals surface area (Å²) in [6.45, 7) is 3.76. The maximum Gasteiger partial charge on any atom is 0.146 e. The molecule has 0 spiro atoms. The Kier molecular flexibility index (Phi) is 4.43. The van der Waals surface area contributed by atoms with Gasteiger partial charge in [-0.25, -0.2) is 4.98 Å². The van der Waals surface area contributed by atoms with Gasteiger partial charge in [-0.15, -0.1) is 0 Å². The van der Waals surface area contributed by atoms with Gasteiger partial charge >= 0.3 is 0 Å². The number of hydrogen-bond acceptors (Lipinski definition) is 5. The van der Waals surface area contributed by atoms with E-state index >= 15 is 0 Å². The van der Waals surface area contributed by atoms with Crippen LogP contribution in [0.25, 0.3) is 0 Å². The molecule has 1 N–H and O–H groups in total. The molecule has 5 nitrogen and oxygen atoms in total. The average molecular weight is 326 g/mol. The van der Waals surface area contributed by atoms with Crippen molar-refractivity contribution in [1.29, 1.82) is 5.26 Å². The van der Waals surface area contributed by atoms with Gasteiger partial charge in [-0.3, -0.25) is 4.90 Å². The normalized spacial score (nSPS) is 25.5. The number of β-amino-alcohol motifs (C(OH)–C–C–N with tert-alkyl or cyclic N) is 1. The largest absolute Gasteiger partial charge is 0.392 e. The summed E-state index contributed by atoms with van der Waals surface area (Å²) < 4.78 is 0. The number of hydrogen-bond donors (Lipinski definition) is 1. The Bertz CT molecular complexity index is 646. The number of anilines is 1. The molecule has 0 bridgehead atoms. The molecule has 5 heteroatoms. The van der Waals surface area contributed by atoms with Crippen molar-refractivity contribution in [2.45, 2.75) is 57.1 Å². The summed E-state index contributed by atoms with van der Waals surface area (Å²) in [5.41, 5.74) is 3.23. The Balaban J connectivity index is 1.48. The van der Waals surface area contributed by atoms with Crippen molar-refractivity contribution in [3.05, 3.63) is 22.9 Å². The monoisotopic (exact) mass is 326 g/mol. The highest BCUT2D eigenvalue weighted by Crippen LogP contribution is 2.29. The van der Waals surface area contributed by atoms with Crippen LogP contribution in [0, 0.1) is 11.3 Å². The number of piperidine rings is 1. The minimum atomic E-state index is -0.143. The minimum absolute atomic E-state index is 0.143. The highest BCUT2D eigenvalue weighted by Gasteiger charge is 2.31. The number of nitrogens with zero attached hydrogens (tertiary/aromatic N) is 4. The quantitative estimate of drug-likeness (QED) is 0.899. The van der Waals surface area contributed by atoms with E-state index in [1.807, 2.05) is 0 Å². The van der Waals surface area contributed by atoms with Crippen molar-refractivity contribution >= 4 is 5.82 Å². The minimum Gasteiger partial charge on any atom is -0.392 e. The fourth-order valence-corrected chi connectivity index (χ4v) is 4.49. The Morgan fingerprint density at radius 1 is 1.12 bits per heavy atom. The molecule has 2 aliphatic heterocycles. The number of nitriles is 1. The van der Waals surface area contributed by atoms with Crippen molar-refractivity contribution in [3.8, 4) is 6.07 Å². The van der Waals surface area contributed by atoms with Crippen LogP contribution in [-0.2, 0) is 12.8 Å². The summed E-state index contributed by atoms with van der Waals surface area (Å²) in [6, 6.07) is 5.02. The van der Waals surface area contributed by atoms with Gasteiger partial charge in [0.15, 0.2) is 0 Å². The summed E-state index contributed by atoms with van der Waals surface area (Å²) in [5, 5.41) is 19.3. The van der Waals surface area contributed by atoms with Crippen LogP contribution in [0.15, 0.2) is 6.07 Å². The maximum absolute atomic E-state index is 9.74. The third kappa shape index (κ3) is 3.01. The van der Waals surface area contributed by atoms with Crippen LogP contribution in [0.1, 0.15) is 48.9 Å². The molecular formula is C19H26N4O. The van der Waals surface area contributed by atoms with Crippen LogP contribution in [0.5, 0.6) is 0 Å². The molecule has 3 heterocycles. The zero-order chi connectivity index (χ0) is 16.5. The molecule has 0 amide bonds. The Morgan fingerprint density at radius 2 is 1.92 bits per heavy atom. The Hall–Kier alpha value is -1.64. The molecule has 2 fully saturated rings. The number of likely N-dealkylation sites (tertiary alicyclic amines) is 1. The van der Waals surface area contributed by atoms with Crippen molar-refractivity contribution in [3.63, 3.8) is 0 Å². The van der Waals surface area contributed by atoms with Gasteiger partial charge in [0.1, 0.15) is 11.9 Å². The van der Waals surface area contributed by atoms with Gasteiger partial charge in [-0.1, -0.05) is 0 Å². The van der Waals surface area contributed by atoms with E-state index in [1.165, 1.54) is 24.1 Å². The van der Waals surface area contributed by atoms with E-state index < -0.39 is 0 Å². The smallest absolute Gasteiger partial charge is 0.146 e. The van der Waals surface area contributed by atoms with Crippen molar-refractivity contribution < 1.29 is 5.11 Å². The molecule has 1 unspecified atom stereocenters. The first kappa shape index (κ1) is 15.9. The second kappa shape index (κ2) is 6.70. The summed E-state index contributed by atoms with van der Waals surface area (Å²) >= 11 is 0. The molecule has 1 atom stereocenters. The molecule has 4 rings (SSSR count). The standard InChI is InChI=1S/C19H26N4O/c20-12-15-11-14-3-1-2-4-18(14)21-19(15)22-8-5-16(6-9-22)23-10-7-17(24)13-23/h11,16-17,24H,1-10,13H2. The maximum atomic E-state index is 9.74. The lowest BCUT2D eigenvalue weighted by Crippen LogP contribution is -2.44. The third-order valence-corrected chi connectivity index (χ3v) is 5.88. The van der Waals surface area contributed by atoms with E-state index in [1.54, 1.807) is 0 Å². The molecule has 1 aliphatic carbocycles. The van der Waals surface area contributed by atoms with E-state index in [-0.39, 0.29) is 6.10 Å². The molecule has 3 aliphatic rings. The molecular weight excluding hydrogens is 300 g/mol. The van der Waals surface area contributed by atoms with Crippen LogP contribution < -0.4 is 4.90 Å². The number of aryl methyl sites for hydroxylation is 2. The highest BCUT2D eigenvalue weighted by molar-refractivity contribution is 5.56. The van der Waals surface area contributed by atoms with E-state index in [0.717, 1.165) is 69.7 Å². The number of rotatable bonds is 2. The molecule has 0 radical (unpaired) electrons. The van der Waals surface area contributed by atoms with E-state index in [9.17, 15) is 10.4 Å². The number of fused-ring (bicyclic) bond motifs is 1. The lowest BCUT2D eigenvalue weighted by Gasteiger charge is -2.37. The van der Waals surface area contributed by atoms with E-state index in [2.05, 4.69) is 21.9 Å². The SMILES string of the molecule is N#Cc1cc2c(nc1N1CCC(N3CCC(O)C3)CC1)CCCC2. The zero-order valence-corrected chi connectivity index (χ0v) is 14.2. The summed E-state index contributed by atoms with van der Waals surface area (Å²) in [6.07, 6.45) is 7.50. The van der Waals surface area contributed by atoms with Crippen LogP contribution in [0.2, 0.25) is 0 Å². The Morgan fingerprint density at radius 3 is 2.62 bits per heavy atom. The molecule has 24 heavy (non-hydrogen) atoms. The molecule has 0 aromatic carbocycles. The van der Waals surface area contributed by atoms with Crippen LogP contribution >= 0.6 is 0 Å². The number of pyridine rings is 1. The fourth-order valence-electron chi connectivity index (χ4n) is 4.49. The van der Waals surface area contributed by atoms with Gasteiger partial charge in [-0.2, -0.15) is 5.26 Å². The molecule has 1 aromatic heterocycles. The highest BCUT2D eigenvalue weighted by atomic mass is 16.3. The van der Waals surface area contributed by atoms with Gasteiger partial charge in [0, 0.05) is 37.9 Å². The first-order chi connectivity index (χ1) is 11.7. The van der Waals surface area contributed by atoms with Crippen LogP contribution in [0.3, 0.4) is 0 Å². The van der Waals surface area contributed by atoms with Crippen molar-refractivity contribution in [1.82, 2.24) is 9.88 Å². The van der Waals surface area contributed by atoms with Crippen molar-refractivity contribution in [2.24, 2.45) is 0 Å². The third-order valence-electron chi connectivity index (χ3n) is 5.88. The second-order valence-electron chi connectivity index (χ2n) is 7.44. The molecule has 2 saturated heterocycles. The van der Waals surface area contributed by atoms with Crippen molar-refractivity contribution in [2.75, 3.05) is 31.1 Å². The average Bonchev–Trinajstić information content (AvgIpc) is 3.07. The predicted molar refractivity (Wildman–Crippen MR) is 93.0 cm³/mol. The van der Waals surface area contributed by atoms with Crippen LogP contribution in [0.4, 0.5) is 5.82 Å². The lowest BCUT2D eigenvalue weighted by molar-refractivity contribution is 0.148. The summed E-state index contributed by atoms with van der Waals surface area (Å²) in [7, 11) is 0. The van der Waals surface area contributed by atoms with Gasteiger partial charge in [0.25, 0.3) is 0 Å². The molecule has 1 aromatic rings. The molecule has 128 valence electrons. The fraction of sp³-hybridized carbons (Fsp3) is 0.684. The molecule has 0 saturated carbocycles. The van der Waals surface area contributed by atoms with E-state index in [0.29, 0.717) is 6.04 Å². The van der Waals surface area contributed by atoms with Gasteiger partial charge < -0.3 is 10.0 Å². The van der Waals surface area contributed by atoms with Gasteiger partial charge in [-0.05, 0) is 56.6 Å². The lowest BCUT2D eigenvalue weighted by atomic mass is 9.94. The zero-order valence-electron chi connectivity index (χ0n) is 14.2. The topological polar surface area (TPSA) is 63.4 Å². The second-order valence-corrected chi connectivity index (χ2v) is 7.44. The Labute approximate surface area is 143 Å². The van der Waals surface area contributed by atoms with Gasteiger partial charge in [0.2, 0.25) is 0 Å². The number of aliphatic hydroxyl groups excluding tert-OH is 1. The summed E-state index contributed by atoms with van der Waals surface area (Å²) in [4.78, 5) is 9.63. The van der Waals surface area contributed by atoms with Crippen LogP contribution in [-0.4, -0.2) is 53.3 Å². The number of aliphatic hydroxyl groups is 1. The first-order valence-corrected chi connectivity index (χ1v) is 9.34. The predicted octanol–water partition coefficient (Wildman–Crippen LogP) is 1.87. The van der Waals surface area contributed by atoms with E-state index in [4.69, 9.17) is 4.98 Å².